The highest BCUT2D eigenvalue weighted by atomic mass is 32.1. The quantitative estimate of drug-likeness (QED) is 0.684. The van der Waals surface area contributed by atoms with E-state index in [9.17, 15) is 4.79 Å². The van der Waals surface area contributed by atoms with Crippen LogP contribution in [0.4, 0.5) is 10.9 Å². The molecule has 1 aliphatic rings. The summed E-state index contributed by atoms with van der Waals surface area (Å²) in [5.41, 5.74) is 10.9. The van der Waals surface area contributed by atoms with Crippen LogP contribution >= 0.6 is 11.3 Å². The first-order valence-corrected chi connectivity index (χ1v) is 9.96. The van der Waals surface area contributed by atoms with Gasteiger partial charge in [0.15, 0.2) is 5.13 Å². The van der Waals surface area contributed by atoms with Gasteiger partial charge in [-0.2, -0.15) is 5.10 Å². The number of aromatic nitrogens is 4. The van der Waals surface area contributed by atoms with Gasteiger partial charge in [0.25, 0.3) is 0 Å². The summed E-state index contributed by atoms with van der Waals surface area (Å²) >= 11 is 1.50. The molecule has 28 heavy (non-hydrogen) atoms. The molecule has 1 amide bonds. The number of hydrogen-bond acceptors (Lipinski definition) is 7. The summed E-state index contributed by atoms with van der Waals surface area (Å²) in [5.74, 6) is 0.365. The molecule has 0 aromatic carbocycles. The van der Waals surface area contributed by atoms with Crippen molar-refractivity contribution >= 4 is 28.2 Å². The number of rotatable bonds is 5. The fourth-order valence-corrected chi connectivity index (χ4v) is 4.58. The molecule has 0 radical (unpaired) electrons. The number of methoxy groups -OCH3 is 1. The topological polar surface area (TPSA) is 108 Å². The predicted octanol–water partition coefficient (Wildman–Crippen LogP) is 2.74. The summed E-state index contributed by atoms with van der Waals surface area (Å²) in [7, 11) is 1.68. The van der Waals surface area contributed by atoms with E-state index in [2.05, 4.69) is 15.3 Å². The Hall–Kier alpha value is -2.78. The molecule has 9 heteroatoms. The Kier molecular flexibility index (Phi) is 5.10. The van der Waals surface area contributed by atoms with Crippen LogP contribution < -0.4 is 11.1 Å². The Balaban J connectivity index is 1.87. The summed E-state index contributed by atoms with van der Waals surface area (Å²) < 4.78 is 7.28. The molecule has 0 atom stereocenters. The number of ether oxygens (including phenoxy) is 1. The van der Waals surface area contributed by atoms with Crippen LogP contribution in [0.1, 0.15) is 24.6 Å². The van der Waals surface area contributed by atoms with Gasteiger partial charge in [-0.1, -0.05) is 11.3 Å². The number of thiazole rings is 1. The van der Waals surface area contributed by atoms with Crippen molar-refractivity contribution in [3.8, 4) is 21.8 Å². The smallest absolute Gasteiger partial charge is 0.223 e. The molecule has 0 aliphatic heterocycles. The van der Waals surface area contributed by atoms with Crippen molar-refractivity contribution in [1.29, 1.82) is 0 Å². The van der Waals surface area contributed by atoms with Crippen LogP contribution in [0, 0.1) is 0 Å². The molecular weight excluding hydrogens is 376 g/mol. The fraction of sp³-hybridized carbons (Fsp3) is 0.368. The molecule has 3 aromatic heterocycles. The van der Waals surface area contributed by atoms with Crippen molar-refractivity contribution in [2.24, 2.45) is 0 Å². The minimum absolute atomic E-state index is 0.120. The Labute approximate surface area is 166 Å². The normalized spacial score (nSPS) is 12.9. The lowest BCUT2D eigenvalue weighted by Gasteiger charge is -2.06. The van der Waals surface area contributed by atoms with E-state index in [4.69, 9.17) is 15.6 Å². The zero-order valence-electron chi connectivity index (χ0n) is 15.9. The summed E-state index contributed by atoms with van der Waals surface area (Å²) in [6.45, 7) is 2.68. The molecule has 3 aromatic rings. The Morgan fingerprint density at radius 2 is 2.25 bits per heavy atom. The lowest BCUT2D eigenvalue weighted by atomic mass is 10.0. The van der Waals surface area contributed by atoms with Gasteiger partial charge in [0, 0.05) is 31.4 Å². The van der Waals surface area contributed by atoms with Crippen LogP contribution in [0.2, 0.25) is 0 Å². The number of hydrogen-bond donors (Lipinski definition) is 2. The number of nitrogens with two attached hydrogens (primary N) is 1. The van der Waals surface area contributed by atoms with E-state index < -0.39 is 0 Å². The number of amides is 1. The second-order valence-electron chi connectivity index (χ2n) is 6.69. The number of anilines is 2. The number of fused-ring (bicyclic) bond motifs is 3. The third-order valence-corrected chi connectivity index (χ3v) is 5.67. The first-order chi connectivity index (χ1) is 13.6. The molecule has 0 saturated carbocycles. The fourth-order valence-electron chi connectivity index (χ4n) is 3.45. The maximum atomic E-state index is 11.5. The van der Waals surface area contributed by atoms with Gasteiger partial charge in [-0.05, 0) is 31.4 Å². The van der Waals surface area contributed by atoms with E-state index in [1.54, 1.807) is 19.4 Å². The highest BCUT2D eigenvalue weighted by molar-refractivity contribution is 7.19. The lowest BCUT2D eigenvalue weighted by Crippen LogP contribution is -2.07. The predicted molar refractivity (Wildman–Crippen MR) is 109 cm³/mol. The standard InChI is InChI=1S/C19H22N6O2S/c1-11(26)22-19-23-14-5-3-4-13-16(12-6-7-15(20)21-10-12)24-25(8-9-27-2)17(13)18(14)28-19/h6-7,10H,3-5,8-9H2,1-2H3,(H2,20,21)(H,22,23,26). The SMILES string of the molecule is COCCn1nc(-c2ccc(N)nc2)c2c1-c1sc(NC(C)=O)nc1CCC2. The highest BCUT2D eigenvalue weighted by Gasteiger charge is 2.27. The Bertz CT molecular complexity index is 1010. The molecule has 3 N–H and O–H groups in total. The largest absolute Gasteiger partial charge is 0.384 e. The number of nitrogens with zero attached hydrogens (tertiary/aromatic N) is 4. The van der Waals surface area contributed by atoms with Crippen molar-refractivity contribution in [3.63, 3.8) is 0 Å². The number of nitrogen functional groups attached to an aromatic ring is 1. The molecule has 8 nitrogen and oxygen atoms in total. The summed E-state index contributed by atoms with van der Waals surface area (Å²) in [6, 6.07) is 3.74. The molecule has 0 bridgehead atoms. The van der Waals surface area contributed by atoms with Gasteiger partial charge in [0.05, 0.1) is 35.1 Å². The zero-order chi connectivity index (χ0) is 19.7. The van der Waals surface area contributed by atoms with E-state index in [0.29, 0.717) is 24.1 Å². The van der Waals surface area contributed by atoms with Gasteiger partial charge < -0.3 is 15.8 Å². The first-order valence-electron chi connectivity index (χ1n) is 9.15. The zero-order valence-corrected chi connectivity index (χ0v) is 16.7. The van der Waals surface area contributed by atoms with Gasteiger partial charge in [-0.3, -0.25) is 9.48 Å². The maximum absolute atomic E-state index is 11.5. The molecule has 3 heterocycles. The molecule has 0 spiro atoms. The average molecular weight is 398 g/mol. The van der Waals surface area contributed by atoms with Crippen molar-refractivity contribution in [2.45, 2.75) is 32.7 Å². The summed E-state index contributed by atoms with van der Waals surface area (Å²) in [4.78, 5) is 21.4. The van der Waals surface area contributed by atoms with E-state index in [1.165, 1.54) is 23.8 Å². The van der Waals surface area contributed by atoms with Gasteiger partial charge in [-0.15, -0.1) is 0 Å². The second kappa shape index (κ2) is 7.69. The summed E-state index contributed by atoms with van der Waals surface area (Å²) in [6.07, 6.45) is 4.50. The third-order valence-electron chi connectivity index (χ3n) is 4.65. The van der Waals surface area contributed by atoms with Gasteiger partial charge in [-0.25, -0.2) is 9.97 Å². The van der Waals surface area contributed by atoms with Crippen molar-refractivity contribution in [1.82, 2.24) is 19.7 Å². The van der Waals surface area contributed by atoms with Crippen LogP contribution in [0.15, 0.2) is 18.3 Å². The third kappa shape index (κ3) is 3.50. The molecular formula is C19H22N6O2S. The van der Waals surface area contributed by atoms with Crippen LogP contribution in [-0.2, 0) is 28.9 Å². The number of nitrogens with one attached hydrogen (secondary N) is 1. The minimum Gasteiger partial charge on any atom is -0.384 e. The van der Waals surface area contributed by atoms with Gasteiger partial charge >= 0.3 is 0 Å². The monoisotopic (exact) mass is 398 g/mol. The van der Waals surface area contributed by atoms with Crippen LogP contribution in [0.25, 0.3) is 21.8 Å². The van der Waals surface area contributed by atoms with Crippen molar-refractivity contribution in [3.05, 3.63) is 29.6 Å². The van der Waals surface area contributed by atoms with Crippen LogP contribution in [0.5, 0.6) is 0 Å². The number of aryl methyl sites for hydroxylation is 1. The Morgan fingerprint density at radius 3 is 2.96 bits per heavy atom. The van der Waals surface area contributed by atoms with Gasteiger partial charge in [0.1, 0.15) is 5.82 Å². The number of carbonyl (C=O) groups excluding carboxylic acids is 1. The second-order valence-corrected chi connectivity index (χ2v) is 7.69. The summed E-state index contributed by atoms with van der Waals surface area (Å²) in [5, 5.41) is 8.32. The van der Waals surface area contributed by atoms with Crippen molar-refractivity contribution < 1.29 is 9.53 Å². The maximum Gasteiger partial charge on any atom is 0.223 e. The highest BCUT2D eigenvalue weighted by Crippen LogP contribution is 2.42. The Morgan fingerprint density at radius 1 is 1.39 bits per heavy atom. The molecule has 1 aliphatic carbocycles. The molecule has 146 valence electrons. The number of carbonyl (C=O) groups is 1. The van der Waals surface area contributed by atoms with E-state index in [1.807, 2.05) is 10.7 Å². The van der Waals surface area contributed by atoms with E-state index in [-0.39, 0.29) is 5.91 Å². The first kappa shape index (κ1) is 18.6. The number of pyridine rings is 1. The lowest BCUT2D eigenvalue weighted by molar-refractivity contribution is -0.114. The minimum atomic E-state index is -0.120. The van der Waals surface area contributed by atoms with Crippen molar-refractivity contribution in [2.75, 3.05) is 24.8 Å². The molecule has 0 saturated heterocycles. The van der Waals surface area contributed by atoms with Gasteiger partial charge in [0.2, 0.25) is 5.91 Å². The van der Waals surface area contributed by atoms with Crippen LogP contribution in [-0.4, -0.2) is 39.4 Å². The molecule has 0 fully saturated rings. The molecule has 0 unspecified atom stereocenters. The van der Waals surface area contributed by atoms with E-state index >= 15 is 0 Å². The van der Waals surface area contributed by atoms with Crippen LogP contribution in [0.3, 0.4) is 0 Å². The average Bonchev–Trinajstić information content (AvgIpc) is 3.16. The van der Waals surface area contributed by atoms with E-state index in [0.717, 1.165) is 46.8 Å². The molecule has 4 rings (SSSR count).